The highest BCUT2D eigenvalue weighted by atomic mass is 14.9. The van der Waals surface area contributed by atoms with Gasteiger partial charge in [0.25, 0.3) is 0 Å². The van der Waals surface area contributed by atoms with E-state index in [0.29, 0.717) is 6.04 Å². The molecule has 2 heteroatoms. The third-order valence-corrected chi connectivity index (χ3v) is 4.10. The number of H-pyrrole nitrogens is 1. The Hall–Kier alpha value is -1.28. The van der Waals surface area contributed by atoms with Crippen molar-refractivity contribution in [2.75, 3.05) is 0 Å². The number of aromatic amines is 1. The molecule has 90 valence electrons. The van der Waals surface area contributed by atoms with Crippen molar-refractivity contribution in [1.82, 2.24) is 10.3 Å². The van der Waals surface area contributed by atoms with E-state index in [1.54, 1.807) is 0 Å². The quantitative estimate of drug-likeness (QED) is 0.824. The molecular weight excluding hydrogens is 208 g/mol. The summed E-state index contributed by atoms with van der Waals surface area (Å²) in [4.78, 5) is 3.23. The Morgan fingerprint density at radius 1 is 1.35 bits per heavy atom. The number of rotatable bonds is 4. The first-order valence-corrected chi connectivity index (χ1v) is 6.62. The van der Waals surface area contributed by atoms with Gasteiger partial charge in [0, 0.05) is 24.3 Å². The summed E-state index contributed by atoms with van der Waals surface area (Å²) in [5.41, 5.74) is 2.60. The zero-order valence-electron chi connectivity index (χ0n) is 10.4. The average Bonchev–Trinajstić information content (AvgIpc) is 2.71. The topological polar surface area (TPSA) is 27.8 Å². The highest BCUT2D eigenvalue weighted by Crippen LogP contribution is 2.29. The molecule has 1 aromatic heterocycles. The number of nitrogens with one attached hydrogen (secondary N) is 2. The Morgan fingerprint density at radius 2 is 2.24 bits per heavy atom. The van der Waals surface area contributed by atoms with Crippen LogP contribution in [-0.4, -0.2) is 11.0 Å². The van der Waals surface area contributed by atoms with E-state index in [2.05, 4.69) is 41.5 Å². The third-order valence-electron chi connectivity index (χ3n) is 4.10. The van der Waals surface area contributed by atoms with Gasteiger partial charge in [0.2, 0.25) is 0 Å². The van der Waals surface area contributed by atoms with E-state index in [-0.39, 0.29) is 0 Å². The lowest BCUT2D eigenvalue weighted by molar-refractivity contribution is 0.240. The maximum absolute atomic E-state index is 3.65. The lowest BCUT2D eigenvalue weighted by Crippen LogP contribution is -2.36. The van der Waals surface area contributed by atoms with Gasteiger partial charge >= 0.3 is 0 Å². The molecule has 0 saturated heterocycles. The van der Waals surface area contributed by atoms with E-state index in [9.17, 15) is 0 Å². The van der Waals surface area contributed by atoms with Crippen LogP contribution in [0.25, 0.3) is 10.9 Å². The molecule has 3 rings (SSSR count). The molecule has 1 saturated carbocycles. The molecule has 0 amide bonds. The molecule has 0 bridgehead atoms. The van der Waals surface area contributed by atoms with E-state index >= 15 is 0 Å². The second-order valence-corrected chi connectivity index (χ2v) is 5.26. The Balaban J connectivity index is 1.63. The molecule has 1 atom stereocenters. The third kappa shape index (κ3) is 2.22. The minimum Gasteiger partial charge on any atom is -0.361 e. The van der Waals surface area contributed by atoms with Gasteiger partial charge in [0.1, 0.15) is 0 Å². The van der Waals surface area contributed by atoms with E-state index in [0.717, 1.165) is 12.5 Å². The molecule has 1 aromatic carbocycles. The molecule has 1 aliphatic rings. The van der Waals surface area contributed by atoms with Crippen LogP contribution in [0.2, 0.25) is 0 Å². The predicted molar refractivity (Wildman–Crippen MR) is 71.9 cm³/mol. The maximum atomic E-state index is 3.65. The Labute approximate surface area is 102 Å². The Morgan fingerprint density at radius 3 is 3.00 bits per heavy atom. The van der Waals surface area contributed by atoms with Crippen LogP contribution in [0.4, 0.5) is 0 Å². The molecule has 0 aliphatic heterocycles. The fourth-order valence-corrected chi connectivity index (χ4v) is 2.60. The van der Waals surface area contributed by atoms with Gasteiger partial charge in [-0.15, -0.1) is 0 Å². The summed E-state index contributed by atoms with van der Waals surface area (Å²) in [6.45, 7) is 3.30. The SMILES string of the molecule is CC(NCc1ccc2[nH]ccc2c1)C1CCC1. The highest BCUT2D eigenvalue weighted by molar-refractivity contribution is 5.79. The largest absolute Gasteiger partial charge is 0.361 e. The van der Waals surface area contributed by atoms with Crippen molar-refractivity contribution < 1.29 is 0 Å². The minimum absolute atomic E-state index is 0.658. The summed E-state index contributed by atoms with van der Waals surface area (Å²) in [6, 6.07) is 9.44. The van der Waals surface area contributed by atoms with Gasteiger partial charge in [-0.1, -0.05) is 12.5 Å². The lowest BCUT2D eigenvalue weighted by atomic mass is 9.80. The van der Waals surface area contributed by atoms with Gasteiger partial charge in [-0.25, -0.2) is 0 Å². The van der Waals surface area contributed by atoms with Crippen LogP contribution in [-0.2, 0) is 6.54 Å². The van der Waals surface area contributed by atoms with Crippen LogP contribution in [0.1, 0.15) is 31.7 Å². The van der Waals surface area contributed by atoms with Crippen LogP contribution in [0.5, 0.6) is 0 Å². The molecule has 0 spiro atoms. The second-order valence-electron chi connectivity index (χ2n) is 5.26. The smallest absolute Gasteiger partial charge is 0.0454 e. The zero-order valence-corrected chi connectivity index (χ0v) is 10.4. The van der Waals surface area contributed by atoms with Crippen LogP contribution in [0.15, 0.2) is 30.5 Å². The number of benzene rings is 1. The lowest BCUT2D eigenvalue weighted by Gasteiger charge is -2.32. The fraction of sp³-hybridized carbons (Fsp3) is 0.467. The average molecular weight is 228 g/mol. The van der Waals surface area contributed by atoms with E-state index in [1.165, 1.54) is 35.7 Å². The van der Waals surface area contributed by atoms with E-state index in [1.807, 2.05) is 6.20 Å². The van der Waals surface area contributed by atoms with Crippen molar-refractivity contribution in [1.29, 1.82) is 0 Å². The van der Waals surface area contributed by atoms with E-state index < -0.39 is 0 Å². The van der Waals surface area contributed by atoms with Gasteiger partial charge < -0.3 is 10.3 Å². The minimum atomic E-state index is 0.658. The van der Waals surface area contributed by atoms with Crippen LogP contribution in [0.3, 0.4) is 0 Å². The van der Waals surface area contributed by atoms with Crippen molar-refractivity contribution in [3.63, 3.8) is 0 Å². The van der Waals surface area contributed by atoms with Gasteiger partial charge in [-0.3, -0.25) is 0 Å². The summed E-state index contributed by atoms with van der Waals surface area (Å²) in [5, 5.41) is 4.95. The first-order valence-electron chi connectivity index (χ1n) is 6.62. The highest BCUT2D eigenvalue weighted by Gasteiger charge is 2.23. The van der Waals surface area contributed by atoms with Crippen molar-refractivity contribution in [3.8, 4) is 0 Å². The molecule has 2 nitrogen and oxygen atoms in total. The van der Waals surface area contributed by atoms with Crippen molar-refractivity contribution in [2.45, 2.75) is 38.8 Å². The predicted octanol–water partition coefficient (Wildman–Crippen LogP) is 3.45. The second kappa shape index (κ2) is 4.53. The summed E-state index contributed by atoms with van der Waals surface area (Å²) in [6.07, 6.45) is 6.24. The molecule has 1 aliphatic carbocycles. The summed E-state index contributed by atoms with van der Waals surface area (Å²) in [5.74, 6) is 0.908. The van der Waals surface area contributed by atoms with Crippen molar-refractivity contribution in [2.24, 2.45) is 5.92 Å². The molecule has 2 aromatic rings. The number of fused-ring (bicyclic) bond motifs is 1. The van der Waals surface area contributed by atoms with Gasteiger partial charge in [-0.05, 0) is 54.8 Å². The van der Waals surface area contributed by atoms with E-state index in [4.69, 9.17) is 0 Å². The molecule has 2 N–H and O–H groups in total. The first-order chi connectivity index (χ1) is 8.33. The van der Waals surface area contributed by atoms with Gasteiger partial charge in [0.05, 0.1) is 0 Å². The van der Waals surface area contributed by atoms with Crippen LogP contribution >= 0.6 is 0 Å². The molecule has 17 heavy (non-hydrogen) atoms. The molecule has 1 heterocycles. The maximum Gasteiger partial charge on any atom is 0.0454 e. The monoisotopic (exact) mass is 228 g/mol. The Bertz CT molecular complexity index is 496. The zero-order chi connectivity index (χ0) is 11.7. The summed E-state index contributed by atoms with van der Waals surface area (Å²) < 4.78 is 0. The standard InChI is InChI=1S/C15H20N2/c1-11(13-3-2-4-13)17-10-12-5-6-15-14(9-12)7-8-16-15/h5-9,11,13,16-17H,2-4,10H2,1H3. The summed E-state index contributed by atoms with van der Waals surface area (Å²) in [7, 11) is 0. The van der Waals surface area contributed by atoms with Crippen molar-refractivity contribution >= 4 is 10.9 Å². The normalized spacial score (nSPS) is 18.2. The summed E-state index contributed by atoms with van der Waals surface area (Å²) >= 11 is 0. The fourth-order valence-electron chi connectivity index (χ4n) is 2.60. The van der Waals surface area contributed by atoms with Gasteiger partial charge in [-0.2, -0.15) is 0 Å². The van der Waals surface area contributed by atoms with Crippen LogP contribution < -0.4 is 5.32 Å². The number of hydrogen-bond acceptors (Lipinski definition) is 1. The Kier molecular flexibility index (Phi) is 2.89. The molecule has 1 unspecified atom stereocenters. The molecular formula is C15H20N2. The van der Waals surface area contributed by atoms with Crippen LogP contribution in [0, 0.1) is 5.92 Å². The first kappa shape index (κ1) is 10.8. The number of hydrogen-bond donors (Lipinski definition) is 2. The molecule has 1 fully saturated rings. The number of aromatic nitrogens is 1. The van der Waals surface area contributed by atoms with Gasteiger partial charge in [0.15, 0.2) is 0 Å². The van der Waals surface area contributed by atoms with Crippen molar-refractivity contribution in [3.05, 3.63) is 36.0 Å². The molecule has 0 radical (unpaired) electrons.